The van der Waals surface area contributed by atoms with E-state index in [-0.39, 0.29) is 22.0 Å². The van der Waals surface area contributed by atoms with Gasteiger partial charge in [-0.25, -0.2) is 4.98 Å². The number of benzene rings is 3. The molecule has 3 aromatic carbocycles. The molecule has 1 aliphatic heterocycles. The van der Waals surface area contributed by atoms with Crippen LogP contribution in [-0.2, 0) is 9.59 Å². The van der Waals surface area contributed by atoms with Crippen LogP contribution in [0.2, 0.25) is 0 Å². The average molecular weight is 532 g/mol. The van der Waals surface area contributed by atoms with Gasteiger partial charge in [-0.15, -0.1) is 0 Å². The Morgan fingerprint density at radius 2 is 1.87 bits per heavy atom. The zero-order valence-electron chi connectivity index (χ0n) is 20.3. The Morgan fingerprint density at radius 1 is 1.11 bits per heavy atom. The van der Waals surface area contributed by atoms with E-state index < -0.39 is 28.4 Å². The van der Waals surface area contributed by atoms with Gasteiger partial charge in [-0.3, -0.25) is 24.6 Å². The number of carbonyl (C=O) groups excluding carboxylic acids is 2. The smallest absolute Gasteiger partial charge is 0.301 e. The molecule has 11 heteroatoms. The van der Waals surface area contributed by atoms with E-state index in [0.29, 0.717) is 29.2 Å². The first-order chi connectivity index (χ1) is 18.3. The molecule has 0 aliphatic carbocycles. The minimum Gasteiger partial charge on any atom is -0.507 e. The molecule has 1 N–H and O–H groups in total. The molecule has 1 fully saturated rings. The Bertz CT molecular complexity index is 1610. The number of amides is 1. The maximum absolute atomic E-state index is 13.4. The number of nitro benzene ring substituents is 1. The highest BCUT2D eigenvalue weighted by Crippen LogP contribution is 2.45. The highest BCUT2D eigenvalue weighted by atomic mass is 32.1. The number of nitro groups is 1. The third-order valence-corrected chi connectivity index (χ3v) is 7.09. The van der Waals surface area contributed by atoms with E-state index in [0.717, 1.165) is 4.70 Å². The molecule has 192 valence electrons. The van der Waals surface area contributed by atoms with Crippen LogP contribution < -0.4 is 14.4 Å². The van der Waals surface area contributed by atoms with Crippen molar-refractivity contribution in [1.29, 1.82) is 0 Å². The Morgan fingerprint density at radius 3 is 2.55 bits per heavy atom. The molecule has 1 atom stereocenters. The summed E-state index contributed by atoms with van der Waals surface area (Å²) in [5.41, 5.74) is 0.972. The standard InChI is InChI=1S/C27H21N3O7S/c1-3-37-19-6-4-5-16(13-19)24(31)22-23(15-7-9-17(10-8-15)30(34)35)29(26(33)25(22)32)27-28-20-12-11-18(36-2)14-21(20)38-27/h4-14,23,31H,3H2,1-2H3. The van der Waals surface area contributed by atoms with Crippen LogP contribution in [0.15, 0.2) is 72.3 Å². The van der Waals surface area contributed by atoms with Gasteiger partial charge in [-0.1, -0.05) is 23.5 Å². The van der Waals surface area contributed by atoms with E-state index in [9.17, 15) is 24.8 Å². The van der Waals surface area contributed by atoms with Crippen molar-refractivity contribution in [1.82, 2.24) is 4.98 Å². The number of fused-ring (bicyclic) bond motifs is 1. The van der Waals surface area contributed by atoms with Crippen molar-refractivity contribution >= 4 is 49.8 Å². The molecule has 5 rings (SSSR count). The first-order valence-corrected chi connectivity index (χ1v) is 12.4. The second-order valence-corrected chi connectivity index (χ2v) is 9.32. The van der Waals surface area contributed by atoms with Crippen LogP contribution in [0.3, 0.4) is 0 Å². The maximum Gasteiger partial charge on any atom is 0.301 e. The molecule has 10 nitrogen and oxygen atoms in total. The number of hydrogen-bond donors (Lipinski definition) is 1. The third kappa shape index (κ3) is 4.33. The lowest BCUT2D eigenvalue weighted by Crippen LogP contribution is -2.29. The summed E-state index contributed by atoms with van der Waals surface area (Å²) in [4.78, 5) is 43.3. The van der Waals surface area contributed by atoms with Gasteiger partial charge in [0.15, 0.2) is 5.13 Å². The zero-order valence-corrected chi connectivity index (χ0v) is 21.1. The SMILES string of the molecule is CCOc1cccc(C(O)=C2C(=O)C(=O)N(c3nc4ccc(OC)cc4s3)C2c2ccc([N+](=O)[O-])cc2)c1. The molecule has 0 saturated carbocycles. The predicted molar refractivity (Wildman–Crippen MR) is 142 cm³/mol. The van der Waals surface area contributed by atoms with Crippen LogP contribution in [0.25, 0.3) is 16.0 Å². The van der Waals surface area contributed by atoms with E-state index in [4.69, 9.17) is 9.47 Å². The normalized spacial score (nSPS) is 16.7. The number of aliphatic hydroxyl groups is 1. The first-order valence-electron chi connectivity index (χ1n) is 11.6. The molecular weight excluding hydrogens is 510 g/mol. The molecule has 1 aliphatic rings. The number of aliphatic hydroxyl groups excluding tert-OH is 1. The highest BCUT2D eigenvalue weighted by molar-refractivity contribution is 7.22. The number of aromatic nitrogens is 1. The number of carbonyl (C=O) groups is 2. The van der Waals surface area contributed by atoms with Crippen LogP contribution in [0.1, 0.15) is 24.1 Å². The van der Waals surface area contributed by atoms with Crippen LogP contribution in [0.5, 0.6) is 11.5 Å². The molecule has 4 aromatic rings. The summed E-state index contributed by atoms with van der Waals surface area (Å²) in [5.74, 6) is -1.07. The number of thiazole rings is 1. The van der Waals surface area contributed by atoms with Gasteiger partial charge in [0.25, 0.3) is 11.5 Å². The summed E-state index contributed by atoms with van der Waals surface area (Å²) in [6.45, 7) is 2.22. The molecule has 1 unspecified atom stereocenters. The van der Waals surface area contributed by atoms with Crippen molar-refractivity contribution in [2.45, 2.75) is 13.0 Å². The van der Waals surface area contributed by atoms with Crippen molar-refractivity contribution in [3.8, 4) is 11.5 Å². The van der Waals surface area contributed by atoms with Crippen molar-refractivity contribution in [3.63, 3.8) is 0 Å². The van der Waals surface area contributed by atoms with Gasteiger partial charge in [0.05, 0.1) is 40.5 Å². The number of hydrogen-bond acceptors (Lipinski definition) is 9. The second-order valence-electron chi connectivity index (χ2n) is 8.31. The van der Waals surface area contributed by atoms with E-state index in [2.05, 4.69) is 4.98 Å². The number of anilines is 1. The van der Waals surface area contributed by atoms with E-state index in [1.54, 1.807) is 42.5 Å². The van der Waals surface area contributed by atoms with Crippen LogP contribution in [0, 0.1) is 10.1 Å². The number of nitrogens with zero attached hydrogens (tertiary/aromatic N) is 3. The van der Waals surface area contributed by atoms with Gasteiger partial charge in [0.1, 0.15) is 17.3 Å². The lowest BCUT2D eigenvalue weighted by atomic mass is 9.95. The van der Waals surface area contributed by atoms with Crippen molar-refractivity contribution in [2.24, 2.45) is 0 Å². The molecule has 1 saturated heterocycles. The average Bonchev–Trinajstić information content (AvgIpc) is 3.46. The molecule has 2 heterocycles. The fourth-order valence-electron chi connectivity index (χ4n) is 4.30. The Balaban J connectivity index is 1.70. The van der Waals surface area contributed by atoms with Gasteiger partial charge in [-0.2, -0.15) is 0 Å². The lowest BCUT2D eigenvalue weighted by Gasteiger charge is -2.23. The van der Waals surface area contributed by atoms with Crippen LogP contribution in [-0.4, -0.2) is 40.4 Å². The number of non-ortho nitro benzene ring substituents is 1. The summed E-state index contributed by atoms with van der Waals surface area (Å²) in [7, 11) is 1.54. The summed E-state index contributed by atoms with van der Waals surface area (Å²) < 4.78 is 11.5. The minimum atomic E-state index is -1.07. The molecule has 0 bridgehead atoms. The number of ether oxygens (including phenoxy) is 2. The molecule has 1 amide bonds. The summed E-state index contributed by atoms with van der Waals surface area (Å²) in [6.07, 6.45) is 0. The first kappa shape index (κ1) is 24.9. The van der Waals surface area contributed by atoms with Crippen molar-refractivity contribution < 1.29 is 29.1 Å². The van der Waals surface area contributed by atoms with Crippen molar-refractivity contribution in [2.75, 3.05) is 18.6 Å². The van der Waals surface area contributed by atoms with E-state index in [1.807, 2.05) is 6.92 Å². The van der Waals surface area contributed by atoms with E-state index in [1.165, 1.54) is 47.6 Å². The number of methoxy groups -OCH3 is 1. The fourth-order valence-corrected chi connectivity index (χ4v) is 5.32. The quantitative estimate of drug-likeness (QED) is 0.113. The number of rotatable bonds is 7. The Labute approximate surface area is 220 Å². The number of Topliss-reactive ketones (excluding diaryl/α,β-unsaturated/α-hetero) is 1. The van der Waals surface area contributed by atoms with Gasteiger partial charge in [-0.05, 0) is 55.0 Å². The minimum absolute atomic E-state index is 0.151. The van der Waals surface area contributed by atoms with Gasteiger partial charge >= 0.3 is 5.91 Å². The van der Waals surface area contributed by atoms with E-state index >= 15 is 0 Å². The summed E-state index contributed by atoms with van der Waals surface area (Å²) >= 11 is 1.18. The molecule has 0 spiro atoms. The lowest BCUT2D eigenvalue weighted by molar-refractivity contribution is -0.384. The summed E-state index contributed by atoms with van der Waals surface area (Å²) in [6, 6.07) is 16.2. The summed E-state index contributed by atoms with van der Waals surface area (Å²) in [5, 5.41) is 22.8. The molecule has 1 aromatic heterocycles. The molecule has 0 radical (unpaired) electrons. The number of ketones is 1. The third-order valence-electron chi connectivity index (χ3n) is 6.07. The largest absolute Gasteiger partial charge is 0.507 e. The molecule has 38 heavy (non-hydrogen) atoms. The van der Waals surface area contributed by atoms with Crippen molar-refractivity contribution in [3.05, 3.63) is 93.5 Å². The Kier molecular flexibility index (Phi) is 6.52. The maximum atomic E-state index is 13.4. The topological polar surface area (TPSA) is 132 Å². The second kappa shape index (κ2) is 9.94. The van der Waals surface area contributed by atoms with Gasteiger partial charge in [0, 0.05) is 17.7 Å². The van der Waals surface area contributed by atoms with Gasteiger partial charge < -0.3 is 14.6 Å². The predicted octanol–water partition coefficient (Wildman–Crippen LogP) is 5.24. The fraction of sp³-hybridized carbons (Fsp3) is 0.148. The monoisotopic (exact) mass is 531 g/mol. The van der Waals surface area contributed by atoms with Gasteiger partial charge in [0.2, 0.25) is 0 Å². The van der Waals surface area contributed by atoms with Crippen LogP contribution >= 0.6 is 11.3 Å². The van der Waals surface area contributed by atoms with Crippen LogP contribution in [0.4, 0.5) is 10.8 Å². The highest BCUT2D eigenvalue weighted by Gasteiger charge is 2.48. The zero-order chi connectivity index (χ0) is 27.0. The Hall–Kier alpha value is -4.77. The molecular formula is C27H21N3O7S.